The van der Waals surface area contributed by atoms with E-state index in [-0.39, 0.29) is 45.9 Å². The Balaban J connectivity index is 1.35. The summed E-state index contributed by atoms with van der Waals surface area (Å²) in [7, 11) is 0. The molecule has 0 radical (unpaired) electrons. The molecule has 0 saturated heterocycles. The van der Waals surface area contributed by atoms with Gasteiger partial charge in [0.2, 0.25) is 0 Å². The van der Waals surface area contributed by atoms with Gasteiger partial charge in [-0.15, -0.1) is 0 Å². The third-order valence-electron chi connectivity index (χ3n) is 5.16. The molecule has 0 aliphatic heterocycles. The van der Waals surface area contributed by atoms with Gasteiger partial charge in [0.05, 0.1) is 25.3 Å². The number of hydrogen-bond acceptors (Lipinski definition) is 11. The van der Waals surface area contributed by atoms with Crippen LogP contribution >= 0.6 is 0 Å². The highest BCUT2D eigenvalue weighted by Gasteiger charge is 2.23. The van der Waals surface area contributed by atoms with Crippen LogP contribution in [0.2, 0.25) is 0 Å². The Morgan fingerprint density at radius 2 is 1.15 bits per heavy atom. The van der Waals surface area contributed by atoms with Gasteiger partial charge >= 0.3 is 24.2 Å². The molecule has 0 spiro atoms. The van der Waals surface area contributed by atoms with Crippen molar-refractivity contribution in [2.24, 2.45) is 0 Å². The first-order chi connectivity index (χ1) is 19.5. The van der Waals surface area contributed by atoms with Gasteiger partial charge in [0.25, 0.3) is 0 Å². The lowest BCUT2D eigenvalue weighted by atomic mass is 10.1. The van der Waals surface area contributed by atoms with E-state index in [2.05, 4.69) is 16.0 Å². The highest BCUT2D eigenvalue weighted by atomic mass is 16.6. The molecule has 3 N–H and O–H groups in total. The maximum atomic E-state index is 12.6. The molecule has 0 saturated carbocycles. The van der Waals surface area contributed by atoms with Crippen LogP contribution in [0.4, 0.5) is 14.4 Å². The minimum atomic E-state index is -1.03. The van der Waals surface area contributed by atoms with Crippen molar-refractivity contribution in [3.63, 3.8) is 0 Å². The summed E-state index contributed by atoms with van der Waals surface area (Å²) in [6, 6.07) is 8.96. The van der Waals surface area contributed by atoms with Gasteiger partial charge in [-0.25, -0.2) is 19.2 Å². The fraction of sp³-hybridized carbons (Fsp3) is 0.385. The number of rotatable bonds is 16. The van der Waals surface area contributed by atoms with E-state index < -0.39 is 30.3 Å². The highest BCUT2D eigenvalue weighted by Crippen LogP contribution is 2.07. The van der Waals surface area contributed by atoms with Crippen LogP contribution in [0.5, 0.6) is 0 Å². The van der Waals surface area contributed by atoms with E-state index in [1.54, 1.807) is 36.4 Å². The first-order valence-corrected chi connectivity index (χ1v) is 12.5. The van der Waals surface area contributed by atoms with Crippen LogP contribution < -0.4 is 16.0 Å². The topological polar surface area (TPSA) is 181 Å². The molecule has 216 valence electrons. The summed E-state index contributed by atoms with van der Waals surface area (Å²) in [4.78, 5) is 48.4. The highest BCUT2D eigenvalue weighted by molar-refractivity contribution is 5.81. The van der Waals surface area contributed by atoms with Crippen LogP contribution in [0.15, 0.2) is 68.4 Å². The molecule has 1 atom stereocenters. The van der Waals surface area contributed by atoms with E-state index in [1.807, 2.05) is 0 Å². The number of alkyl carbamates (subject to hydrolysis) is 3. The van der Waals surface area contributed by atoms with Crippen molar-refractivity contribution in [2.45, 2.75) is 45.1 Å². The molecule has 0 aliphatic carbocycles. The molecular weight excluding hydrogens is 530 g/mol. The summed E-state index contributed by atoms with van der Waals surface area (Å²) in [6.45, 7) is -0.0329. The molecule has 3 aromatic rings. The van der Waals surface area contributed by atoms with Gasteiger partial charge in [0.1, 0.15) is 29.9 Å². The Kier molecular flexibility index (Phi) is 12.5. The minimum Gasteiger partial charge on any atom is -0.466 e. The zero-order valence-corrected chi connectivity index (χ0v) is 21.6. The number of ether oxygens (including phenoxy) is 4. The smallest absolute Gasteiger partial charge is 0.408 e. The molecular formula is C26H31N3O11. The number of nitrogens with one attached hydrogen (secondary N) is 3. The van der Waals surface area contributed by atoms with Crippen LogP contribution in [-0.4, -0.2) is 50.0 Å². The van der Waals surface area contributed by atoms with Crippen molar-refractivity contribution in [1.82, 2.24) is 16.0 Å². The first kappa shape index (κ1) is 29.7. The molecule has 0 aliphatic rings. The number of unbranched alkanes of at least 4 members (excludes halogenated alkanes) is 1. The molecule has 0 aromatic carbocycles. The molecule has 3 amide bonds. The SMILES string of the molecule is O=C(NCCCCC(NC(=O)OCc1ccco1)C(=O)OCCNC(=O)OCc1ccco1)OCc1ccco1. The number of esters is 1. The summed E-state index contributed by atoms with van der Waals surface area (Å²) in [5.41, 5.74) is 0. The Hall–Kier alpha value is -4.88. The van der Waals surface area contributed by atoms with Gasteiger partial charge in [0, 0.05) is 6.54 Å². The standard InChI is InChI=1S/C26H31N3O11/c30-23(37-15-11-28-25(32)39-17-20-7-4-13-35-20)22(29-26(33)40-18-21-8-5-14-36-21)9-1-2-10-27-24(31)38-16-19-6-3-12-34-19/h3-8,12-14,22H,1-2,9-11,15-18H2,(H,27,31)(H,28,32)(H,29,33). The van der Waals surface area contributed by atoms with Crippen molar-refractivity contribution >= 4 is 24.2 Å². The summed E-state index contributed by atoms with van der Waals surface area (Å²) >= 11 is 0. The summed E-state index contributed by atoms with van der Waals surface area (Å²) in [5.74, 6) is 0.716. The zero-order chi connectivity index (χ0) is 28.4. The van der Waals surface area contributed by atoms with Gasteiger partial charge in [-0.3, -0.25) is 0 Å². The van der Waals surface area contributed by atoms with Crippen molar-refractivity contribution in [2.75, 3.05) is 19.7 Å². The molecule has 14 heteroatoms. The van der Waals surface area contributed by atoms with Crippen molar-refractivity contribution in [3.05, 3.63) is 72.5 Å². The fourth-order valence-electron chi connectivity index (χ4n) is 3.20. The number of furan rings is 3. The maximum absolute atomic E-state index is 12.6. The third-order valence-corrected chi connectivity index (χ3v) is 5.16. The average Bonchev–Trinajstić information content (AvgIpc) is 3.75. The van der Waals surface area contributed by atoms with Crippen LogP contribution in [0.25, 0.3) is 0 Å². The first-order valence-electron chi connectivity index (χ1n) is 12.5. The van der Waals surface area contributed by atoms with Gasteiger partial charge in [0.15, 0.2) is 19.8 Å². The minimum absolute atomic E-state index is 0.00729. The third kappa shape index (κ3) is 11.7. The second-order valence-corrected chi connectivity index (χ2v) is 8.18. The van der Waals surface area contributed by atoms with E-state index in [1.165, 1.54) is 18.8 Å². The largest absolute Gasteiger partial charge is 0.466 e. The fourth-order valence-corrected chi connectivity index (χ4v) is 3.20. The lowest BCUT2D eigenvalue weighted by molar-refractivity contribution is -0.146. The number of hydrogen-bond donors (Lipinski definition) is 3. The molecule has 14 nitrogen and oxygen atoms in total. The molecule has 0 bridgehead atoms. The second-order valence-electron chi connectivity index (χ2n) is 8.18. The predicted octanol–water partition coefficient (Wildman–Crippen LogP) is 3.63. The molecule has 1 unspecified atom stereocenters. The molecule has 40 heavy (non-hydrogen) atoms. The van der Waals surface area contributed by atoms with Crippen LogP contribution in [0, 0.1) is 0 Å². The Bertz CT molecular complexity index is 1140. The summed E-state index contributed by atoms with van der Waals surface area (Å²) < 4.78 is 35.5. The molecule has 3 heterocycles. The lowest BCUT2D eigenvalue weighted by Gasteiger charge is -2.17. The zero-order valence-electron chi connectivity index (χ0n) is 21.6. The predicted molar refractivity (Wildman–Crippen MR) is 134 cm³/mol. The van der Waals surface area contributed by atoms with E-state index in [9.17, 15) is 19.2 Å². The Labute approximate surface area is 229 Å². The average molecular weight is 562 g/mol. The number of carbonyl (C=O) groups is 4. The lowest BCUT2D eigenvalue weighted by Crippen LogP contribution is -2.43. The van der Waals surface area contributed by atoms with Crippen molar-refractivity contribution in [3.8, 4) is 0 Å². The van der Waals surface area contributed by atoms with Crippen LogP contribution in [0.3, 0.4) is 0 Å². The summed E-state index contributed by atoms with van der Waals surface area (Å²) in [5, 5.41) is 7.52. The van der Waals surface area contributed by atoms with E-state index in [0.29, 0.717) is 30.1 Å². The van der Waals surface area contributed by atoms with Crippen molar-refractivity contribution in [1.29, 1.82) is 0 Å². The van der Waals surface area contributed by atoms with Gasteiger partial charge in [-0.05, 0) is 55.7 Å². The monoisotopic (exact) mass is 561 g/mol. The molecule has 3 rings (SSSR count). The maximum Gasteiger partial charge on any atom is 0.408 e. The van der Waals surface area contributed by atoms with E-state index in [4.69, 9.17) is 32.2 Å². The Morgan fingerprint density at radius 3 is 1.65 bits per heavy atom. The van der Waals surface area contributed by atoms with E-state index >= 15 is 0 Å². The second kappa shape index (κ2) is 16.9. The number of carbonyl (C=O) groups excluding carboxylic acids is 4. The van der Waals surface area contributed by atoms with Crippen LogP contribution in [0.1, 0.15) is 36.5 Å². The van der Waals surface area contributed by atoms with Crippen LogP contribution in [-0.2, 0) is 43.6 Å². The molecule has 3 aromatic heterocycles. The van der Waals surface area contributed by atoms with Crippen molar-refractivity contribution < 1.29 is 51.4 Å². The van der Waals surface area contributed by atoms with Gasteiger partial charge in [-0.2, -0.15) is 0 Å². The Morgan fingerprint density at radius 1 is 0.650 bits per heavy atom. The normalized spacial score (nSPS) is 11.2. The van der Waals surface area contributed by atoms with E-state index in [0.717, 1.165) is 0 Å². The number of amides is 3. The van der Waals surface area contributed by atoms with Gasteiger partial charge < -0.3 is 48.1 Å². The molecule has 0 fully saturated rings. The summed E-state index contributed by atoms with van der Waals surface area (Å²) in [6.07, 6.45) is 3.38. The van der Waals surface area contributed by atoms with Gasteiger partial charge in [-0.1, -0.05) is 0 Å². The quantitative estimate of drug-likeness (QED) is 0.132.